The monoisotopic (exact) mass is 375 g/mol. The molecule has 1 aliphatic carbocycles. The van der Waals surface area contributed by atoms with Gasteiger partial charge in [0.25, 0.3) is 0 Å². The van der Waals surface area contributed by atoms with Crippen LogP contribution in [0.4, 0.5) is 0 Å². The maximum atomic E-state index is 13.3. The van der Waals surface area contributed by atoms with E-state index in [0.717, 1.165) is 44.3 Å². The van der Waals surface area contributed by atoms with Crippen molar-refractivity contribution in [1.29, 1.82) is 0 Å². The number of halogens is 1. The number of fused-ring (bicyclic) bond motifs is 1. The van der Waals surface area contributed by atoms with Gasteiger partial charge in [-0.25, -0.2) is 0 Å². The van der Waals surface area contributed by atoms with E-state index in [9.17, 15) is 4.79 Å². The van der Waals surface area contributed by atoms with Gasteiger partial charge >= 0.3 is 0 Å². The summed E-state index contributed by atoms with van der Waals surface area (Å²) in [6.45, 7) is 4.25. The normalized spacial score (nSPS) is 23.3. The van der Waals surface area contributed by atoms with Crippen molar-refractivity contribution >= 4 is 29.5 Å². The summed E-state index contributed by atoms with van der Waals surface area (Å²) in [4.78, 5) is 17.1. The predicted molar refractivity (Wildman–Crippen MR) is 107 cm³/mol. The van der Waals surface area contributed by atoms with Crippen LogP contribution in [-0.2, 0) is 12.8 Å². The zero-order valence-electron chi connectivity index (χ0n) is 14.8. The summed E-state index contributed by atoms with van der Waals surface area (Å²) in [5.74, 6) is 0.398. The first-order valence-corrected chi connectivity index (χ1v) is 9.99. The van der Waals surface area contributed by atoms with Crippen molar-refractivity contribution in [2.75, 3.05) is 13.1 Å². The average molecular weight is 376 g/mol. The number of aryl methyl sites for hydroxylation is 2. The second-order valence-corrected chi connectivity index (χ2v) is 8.24. The van der Waals surface area contributed by atoms with Crippen LogP contribution in [0.3, 0.4) is 0 Å². The lowest BCUT2D eigenvalue weighted by Crippen LogP contribution is -2.59. The number of hydrogen-bond donors (Lipinski definition) is 0. The van der Waals surface area contributed by atoms with Crippen LogP contribution in [0.15, 0.2) is 35.7 Å². The van der Waals surface area contributed by atoms with Crippen molar-refractivity contribution in [1.82, 2.24) is 4.90 Å². The maximum Gasteiger partial charge on any atom is 0.184 e. The molecule has 1 saturated heterocycles. The van der Waals surface area contributed by atoms with Gasteiger partial charge in [0.2, 0.25) is 0 Å². The quantitative estimate of drug-likeness (QED) is 0.746. The molecule has 0 amide bonds. The number of piperidine rings is 1. The Balaban J connectivity index is 0.00000182. The number of Topliss-reactive ketones (excluding diaryl/α,β-unsaturated/α-hetero) is 1. The number of carbonyl (C=O) groups excluding carboxylic acids is 1. The molecule has 1 spiro atoms. The van der Waals surface area contributed by atoms with Crippen molar-refractivity contribution in [2.24, 2.45) is 0 Å². The Morgan fingerprint density at radius 1 is 1.16 bits per heavy atom. The van der Waals surface area contributed by atoms with Gasteiger partial charge in [-0.2, -0.15) is 0 Å². The van der Waals surface area contributed by atoms with Gasteiger partial charge in [-0.05, 0) is 74.6 Å². The molecule has 2 nitrogen and oxygen atoms in total. The molecule has 2 aliphatic rings. The summed E-state index contributed by atoms with van der Waals surface area (Å²) < 4.78 is 0. The minimum absolute atomic E-state index is 0. The van der Waals surface area contributed by atoms with Gasteiger partial charge in [-0.15, -0.1) is 23.7 Å². The molecule has 2 heterocycles. The smallest absolute Gasteiger partial charge is 0.184 e. The van der Waals surface area contributed by atoms with Crippen LogP contribution in [0.25, 0.3) is 0 Å². The van der Waals surface area contributed by atoms with Crippen molar-refractivity contribution in [2.45, 2.75) is 51.0 Å². The van der Waals surface area contributed by atoms with Crippen LogP contribution < -0.4 is 0 Å². The van der Waals surface area contributed by atoms with E-state index in [1.807, 2.05) is 0 Å². The first-order valence-electron chi connectivity index (χ1n) is 9.11. The number of likely N-dealkylation sites (tertiary alicyclic amines) is 1. The molecule has 134 valence electrons. The van der Waals surface area contributed by atoms with Crippen LogP contribution in [0.2, 0.25) is 0 Å². The van der Waals surface area contributed by atoms with E-state index in [4.69, 9.17) is 0 Å². The third kappa shape index (κ3) is 3.30. The van der Waals surface area contributed by atoms with Crippen LogP contribution in [-0.4, -0.2) is 29.3 Å². The molecule has 1 fully saturated rings. The highest BCUT2D eigenvalue weighted by Crippen LogP contribution is 2.41. The number of nitrogens with zero attached hydrogens (tertiary/aromatic N) is 1. The van der Waals surface area contributed by atoms with Gasteiger partial charge in [-0.1, -0.05) is 24.3 Å². The van der Waals surface area contributed by atoms with E-state index >= 15 is 0 Å². The summed E-state index contributed by atoms with van der Waals surface area (Å²) in [7, 11) is 0. The van der Waals surface area contributed by atoms with Crippen LogP contribution in [0, 0.1) is 6.92 Å². The third-order valence-corrected chi connectivity index (χ3v) is 6.95. The van der Waals surface area contributed by atoms with Crippen molar-refractivity contribution < 1.29 is 4.79 Å². The summed E-state index contributed by atoms with van der Waals surface area (Å²) in [6, 6.07) is 10.7. The van der Waals surface area contributed by atoms with E-state index in [-0.39, 0.29) is 17.9 Å². The van der Waals surface area contributed by atoms with E-state index in [1.165, 1.54) is 28.8 Å². The lowest BCUT2D eigenvalue weighted by Gasteiger charge is -2.48. The molecule has 1 unspecified atom stereocenters. The number of carbonyl (C=O) groups is 1. The van der Waals surface area contributed by atoms with E-state index in [0.29, 0.717) is 5.78 Å². The largest absolute Gasteiger partial charge is 0.292 e. The molecule has 1 aromatic heterocycles. The van der Waals surface area contributed by atoms with Gasteiger partial charge in [0, 0.05) is 17.0 Å². The molecule has 2 aromatic rings. The van der Waals surface area contributed by atoms with Gasteiger partial charge < -0.3 is 0 Å². The van der Waals surface area contributed by atoms with Gasteiger partial charge in [0.15, 0.2) is 5.78 Å². The predicted octanol–water partition coefficient (Wildman–Crippen LogP) is 5.07. The van der Waals surface area contributed by atoms with Crippen LogP contribution >= 0.6 is 23.7 Å². The first kappa shape index (κ1) is 18.6. The summed E-state index contributed by atoms with van der Waals surface area (Å²) >= 11 is 1.75. The van der Waals surface area contributed by atoms with Crippen molar-refractivity contribution in [3.63, 3.8) is 0 Å². The average Bonchev–Trinajstić information content (AvgIpc) is 3.08. The number of ketones is 1. The number of thiophene rings is 1. The fourth-order valence-electron chi connectivity index (χ4n) is 4.53. The number of hydrogen-bond acceptors (Lipinski definition) is 3. The lowest BCUT2D eigenvalue weighted by atomic mass is 9.73. The second kappa shape index (κ2) is 7.61. The second-order valence-electron chi connectivity index (χ2n) is 7.24. The van der Waals surface area contributed by atoms with Crippen molar-refractivity contribution in [3.8, 4) is 0 Å². The molecule has 1 aliphatic heterocycles. The molecular weight excluding hydrogens is 350 g/mol. The molecule has 1 atom stereocenters. The van der Waals surface area contributed by atoms with Gasteiger partial charge in [-0.3, -0.25) is 9.69 Å². The van der Waals surface area contributed by atoms with Crippen LogP contribution in [0.5, 0.6) is 0 Å². The fourth-order valence-corrected chi connectivity index (χ4v) is 5.40. The molecule has 4 heteroatoms. The highest BCUT2D eigenvalue weighted by atomic mass is 35.5. The fraction of sp³-hybridized carbons (Fsp3) is 0.476. The molecule has 4 rings (SSSR count). The molecule has 0 N–H and O–H groups in total. The highest BCUT2D eigenvalue weighted by Gasteiger charge is 2.48. The summed E-state index contributed by atoms with van der Waals surface area (Å²) in [5.41, 5.74) is 3.56. The molecule has 0 saturated carbocycles. The van der Waals surface area contributed by atoms with Crippen molar-refractivity contribution in [3.05, 3.63) is 57.3 Å². The molecular formula is C21H26ClNOS. The van der Waals surface area contributed by atoms with Crippen LogP contribution in [0.1, 0.15) is 52.0 Å². The zero-order valence-corrected chi connectivity index (χ0v) is 16.4. The standard InChI is InChI=1S/C21H25NOS.ClH/c1-16-6-2-3-7-17(16)9-14-22-13-5-4-11-21(22)12-8-19-18(20(21)23)10-15-24-19;/h2-3,6-7,10,15H,4-5,8-9,11-14H2,1H3;1H. The van der Waals surface area contributed by atoms with Gasteiger partial charge in [0.05, 0.1) is 5.54 Å². The minimum Gasteiger partial charge on any atom is -0.292 e. The SMILES string of the molecule is Cc1ccccc1CCN1CCCCC12CCc1sccc1C2=O.Cl. The Morgan fingerprint density at radius 2 is 2.00 bits per heavy atom. The molecule has 25 heavy (non-hydrogen) atoms. The van der Waals surface area contributed by atoms with E-state index in [1.54, 1.807) is 11.3 Å². The molecule has 0 bridgehead atoms. The lowest BCUT2D eigenvalue weighted by molar-refractivity contribution is 0.0301. The minimum atomic E-state index is -0.227. The first-order chi connectivity index (χ1) is 11.7. The zero-order chi connectivity index (χ0) is 16.6. The highest BCUT2D eigenvalue weighted by molar-refractivity contribution is 7.10. The van der Waals surface area contributed by atoms with Gasteiger partial charge in [0.1, 0.15) is 0 Å². The van der Waals surface area contributed by atoms with E-state index in [2.05, 4.69) is 47.5 Å². The third-order valence-electron chi connectivity index (χ3n) is 5.96. The topological polar surface area (TPSA) is 20.3 Å². The van der Waals surface area contributed by atoms with E-state index < -0.39 is 0 Å². The molecule has 0 radical (unpaired) electrons. The Kier molecular flexibility index (Phi) is 5.67. The maximum absolute atomic E-state index is 13.3. The Hall–Kier alpha value is -1.16. The Labute approximate surface area is 160 Å². The molecule has 1 aromatic carbocycles. The summed E-state index contributed by atoms with van der Waals surface area (Å²) in [5, 5.41) is 2.09. The number of benzene rings is 1. The Morgan fingerprint density at radius 3 is 2.84 bits per heavy atom. The Bertz CT molecular complexity index is 756. The summed E-state index contributed by atoms with van der Waals surface area (Å²) in [6.07, 6.45) is 6.56. The number of rotatable bonds is 3.